The third-order valence-electron chi connectivity index (χ3n) is 5.45. The number of aryl methyl sites for hydroxylation is 2. The van der Waals surface area contributed by atoms with Gasteiger partial charge in [0, 0.05) is 44.6 Å². The first-order chi connectivity index (χ1) is 14.7. The van der Waals surface area contributed by atoms with Crippen LogP contribution in [-0.2, 0) is 0 Å². The predicted molar refractivity (Wildman–Crippen MR) is 125 cm³/mol. The maximum absolute atomic E-state index is 4.76. The predicted octanol–water partition coefficient (Wildman–Crippen LogP) is 4.67. The van der Waals surface area contributed by atoms with Gasteiger partial charge in [-0.05, 0) is 42.7 Å². The molecule has 0 atom stereocenters. The average Bonchev–Trinajstić information content (AvgIpc) is 2.78. The molecular formula is C25H29N5. The minimum Gasteiger partial charge on any atom is -0.354 e. The molecule has 0 radical (unpaired) electrons. The van der Waals surface area contributed by atoms with Gasteiger partial charge in [0.2, 0.25) is 5.95 Å². The highest BCUT2D eigenvalue weighted by Crippen LogP contribution is 2.21. The summed E-state index contributed by atoms with van der Waals surface area (Å²) in [5.41, 5.74) is 4.71. The van der Waals surface area contributed by atoms with E-state index in [2.05, 4.69) is 88.6 Å². The van der Waals surface area contributed by atoms with Crippen LogP contribution in [-0.4, -0.2) is 47.6 Å². The van der Waals surface area contributed by atoms with Crippen LogP contribution >= 0.6 is 0 Å². The van der Waals surface area contributed by atoms with Crippen molar-refractivity contribution in [3.63, 3.8) is 0 Å². The minimum atomic E-state index is 0.648. The van der Waals surface area contributed by atoms with E-state index >= 15 is 0 Å². The summed E-state index contributed by atoms with van der Waals surface area (Å²) in [7, 11) is 0. The number of rotatable bonds is 6. The number of hydrogen-bond acceptors (Lipinski definition) is 5. The van der Waals surface area contributed by atoms with Crippen molar-refractivity contribution in [2.75, 3.05) is 42.9 Å². The molecule has 30 heavy (non-hydrogen) atoms. The smallest absolute Gasteiger partial charge is 0.229 e. The molecule has 1 fully saturated rings. The lowest BCUT2D eigenvalue weighted by atomic mass is 10.1. The molecule has 0 saturated carbocycles. The molecule has 2 aromatic carbocycles. The number of aromatic nitrogens is 2. The van der Waals surface area contributed by atoms with Crippen LogP contribution in [0.3, 0.4) is 0 Å². The van der Waals surface area contributed by atoms with Gasteiger partial charge in [0.25, 0.3) is 0 Å². The van der Waals surface area contributed by atoms with E-state index in [0.29, 0.717) is 5.95 Å². The van der Waals surface area contributed by atoms with Crippen LogP contribution in [0.1, 0.15) is 16.7 Å². The molecule has 0 spiro atoms. The Bertz CT molecular complexity index is 991. The third-order valence-corrected chi connectivity index (χ3v) is 5.45. The Balaban J connectivity index is 1.33. The minimum absolute atomic E-state index is 0.648. The third kappa shape index (κ3) is 5.24. The molecule has 5 heteroatoms. The van der Waals surface area contributed by atoms with Gasteiger partial charge in [-0.25, -0.2) is 4.98 Å². The van der Waals surface area contributed by atoms with E-state index in [0.717, 1.165) is 44.2 Å². The van der Waals surface area contributed by atoms with Crippen LogP contribution in [0.2, 0.25) is 0 Å². The second-order valence-electron chi connectivity index (χ2n) is 7.78. The summed E-state index contributed by atoms with van der Waals surface area (Å²) in [6, 6.07) is 18.8. The molecule has 0 unspecified atom stereocenters. The number of nitrogens with zero attached hydrogens (tertiary/aromatic N) is 4. The van der Waals surface area contributed by atoms with Crippen LogP contribution in [0.5, 0.6) is 0 Å². The largest absolute Gasteiger partial charge is 0.354 e. The highest BCUT2D eigenvalue weighted by molar-refractivity contribution is 5.60. The lowest BCUT2D eigenvalue weighted by molar-refractivity contribution is 0.283. The van der Waals surface area contributed by atoms with E-state index in [9.17, 15) is 0 Å². The molecule has 2 heterocycles. The SMILES string of the molecule is Cc1ccc(C)c(Nc2nccc(N3CCN(C/C=C/c4ccccc4)CC3)n2)c1. The van der Waals surface area contributed by atoms with Crippen molar-refractivity contribution in [3.05, 3.63) is 83.6 Å². The van der Waals surface area contributed by atoms with Crippen molar-refractivity contribution < 1.29 is 0 Å². The molecule has 154 valence electrons. The number of piperazine rings is 1. The fourth-order valence-electron chi connectivity index (χ4n) is 3.64. The van der Waals surface area contributed by atoms with Gasteiger partial charge in [0.15, 0.2) is 0 Å². The summed E-state index contributed by atoms with van der Waals surface area (Å²) in [5.74, 6) is 1.63. The first kappa shape index (κ1) is 20.1. The van der Waals surface area contributed by atoms with Gasteiger partial charge in [-0.1, -0.05) is 54.6 Å². The standard InChI is InChI=1S/C25H29N5/c1-20-10-11-21(2)23(19-20)27-25-26-13-12-24(28-25)30-17-15-29(16-18-30)14-6-9-22-7-4-3-5-8-22/h3-13,19H,14-18H2,1-2H3,(H,26,27,28)/b9-6+. The number of benzene rings is 2. The van der Waals surface area contributed by atoms with Crippen LogP contribution in [0.15, 0.2) is 66.9 Å². The van der Waals surface area contributed by atoms with E-state index in [1.54, 1.807) is 0 Å². The van der Waals surface area contributed by atoms with Gasteiger partial charge in [-0.3, -0.25) is 4.90 Å². The fourth-order valence-corrected chi connectivity index (χ4v) is 3.64. The van der Waals surface area contributed by atoms with E-state index in [-0.39, 0.29) is 0 Å². The first-order valence-electron chi connectivity index (χ1n) is 10.5. The molecule has 1 N–H and O–H groups in total. The van der Waals surface area contributed by atoms with Crippen molar-refractivity contribution >= 4 is 23.5 Å². The average molecular weight is 400 g/mol. The Morgan fingerprint density at radius 3 is 2.57 bits per heavy atom. The number of anilines is 3. The Hall–Kier alpha value is -3.18. The second kappa shape index (κ2) is 9.55. The first-order valence-corrected chi connectivity index (χ1v) is 10.5. The molecule has 0 bridgehead atoms. The van der Waals surface area contributed by atoms with Crippen molar-refractivity contribution in [1.82, 2.24) is 14.9 Å². The monoisotopic (exact) mass is 399 g/mol. The Kier molecular flexibility index (Phi) is 6.40. The molecule has 4 rings (SSSR count). The van der Waals surface area contributed by atoms with E-state index in [1.165, 1.54) is 16.7 Å². The summed E-state index contributed by atoms with van der Waals surface area (Å²) in [6.07, 6.45) is 6.29. The summed E-state index contributed by atoms with van der Waals surface area (Å²) in [6.45, 7) is 9.17. The van der Waals surface area contributed by atoms with Crippen LogP contribution in [0.25, 0.3) is 6.08 Å². The zero-order valence-electron chi connectivity index (χ0n) is 17.8. The normalized spacial score (nSPS) is 14.9. The molecule has 1 aromatic heterocycles. The van der Waals surface area contributed by atoms with E-state index in [4.69, 9.17) is 4.98 Å². The van der Waals surface area contributed by atoms with Gasteiger partial charge in [-0.2, -0.15) is 4.98 Å². The lowest BCUT2D eigenvalue weighted by Crippen LogP contribution is -2.46. The number of nitrogens with one attached hydrogen (secondary N) is 1. The van der Waals surface area contributed by atoms with Crippen molar-refractivity contribution in [2.45, 2.75) is 13.8 Å². The highest BCUT2D eigenvalue weighted by Gasteiger charge is 2.17. The zero-order valence-corrected chi connectivity index (χ0v) is 17.8. The molecular weight excluding hydrogens is 370 g/mol. The van der Waals surface area contributed by atoms with Gasteiger partial charge in [0.05, 0.1) is 0 Å². The van der Waals surface area contributed by atoms with Crippen LogP contribution < -0.4 is 10.2 Å². The molecule has 1 aliphatic rings. The molecule has 3 aromatic rings. The summed E-state index contributed by atoms with van der Waals surface area (Å²) in [5, 5.41) is 3.38. The maximum Gasteiger partial charge on any atom is 0.229 e. The second-order valence-corrected chi connectivity index (χ2v) is 7.78. The van der Waals surface area contributed by atoms with Crippen molar-refractivity contribution in [3.8, 4) is 0 Å². The quantitative estimate of drug-likeness (QED) is 0.652. The highest BCUT2D eigenvalue weighted by atomic mass is 15.3. The molecule has 5 nitrogen and oxygen atoms in total. The topological polar surface area (TPSA) is 44.3 Å². The summed E-state index contributed by atoms with van der Waals surface area (Å²) < 4.78 is 0. The van der Waals surface area contributed by atoms with Gasteiger partial charge < -0.3 is 10.2 Å². The maximum atomic E-state index is 4.76. The molecule has 0 aliphatic carbocycles. The fraction of sp³-hybridized carbons (Fsp3) is 0.280. The molecule has 1 aliphatic heterocycles. The van der Waals surface area contributed by atoms with Crippen molar-refractivity contribution in [2.24, 2.45) is 0 Å². The summed E-state index contributed by atoms with van der Waals surface area (Å²) in [4.78, 5) is 14.0. The Morgan fingerprint density at radius 1 is 0.967 bits per heavy atom. The van der Waals surface area contributed by atoms with Gasteiger partial charge in [0.1, 0.15) is 5.82 Å². The lowest BCUT2D eigenvalue weighted by Gasteiger charge is -2.34. The van der Waals surface area contributed by atoms with E-state index in [1.807, 2.05) is 18.3 Å². The van der Waals surface area contributed by atoms with Gasteiger partial charge >= 0.3 is 0 Å². The molecule has 1 saturated heterocycles. The Morgan fingerprint density at radius 2 is 1.77 bits per heavy atom. The van der Waals surface area contributed by atoms with Crippen LogP contribution in [0, 0.1) is 13.8 Å². The Labute approximate surface area is 179 Å². The van der Waals surface area contributed by atoms with Crippen LogP contribution in [0.4, 0.5) is 17.5 Å². The summed E-state index contributed by atoms with van der Waals surface area (Å²) >= 11 is 0. The van der Waals surface area contributed by atoms with E-state index < -0.39 is 0 Å². The number of hydrogen-bond donors (Lipinski definition) is 1. The van der Waals surface area contributed by atoms with Gasteiger partial charge in [-0.15, -0.1) is 0 Å². The zero-order chi connectivity index (χ0) is 20.8. The molecule has 0 amide bonds. The van der Waals surface area contributed by atoms with Crippen molar-refractivity contribution in [1.29, 1.82) is 0 Å².